The van der Waals surface area contributed by atoms with Crippen LogP contribution >= 0.6 is 35.3 Å². The van der Waals surface area contributed by atoms with E-state index >= 15 is 0 Å². The Labute approximate surface area is 183 Å². The number of aromatic nitrogens is 1. The third-order valence-electron chi connectivity index (χ3n) is 3.62. The van der Waals surface area contributed by atoms with Gasteiger partial charge in [0, 0.05) is 43.2 Å². The number of para-hydroxylation sites is 1. The molecule has 0 aliphatic carbocycles. The van der Waals surface area contributed by atoms with Crippen molar-refractivity contribution in [2.45, 2.75) is 32.5 Å². The zero-order chi connectivity index (χ0) is 19.7. The van der Waals surface area contributed by atoms with Crippen molar-refractivity contribution in [2.24, 2.45) is 4.99 Å². The second-order valence-electron chi connectivity index (χ2n) is 5.69. The lowest BCUT2D eigenvalue weighted by molar-refractivity contribution is -0.153. The van der Waals surface area contributed by atoms with Crippen LogP contribution in [0.2, 0.25) is 0 Å². The van der Waals surface area contributed by atoms with Crippen LogP contribution in [0.15, 0.2) is 35.5 Å². The van der Waals surface area contributed by atoms with Crippen LogP contribution < -0.4 is 15.4 Å². The standard InChI is InChI=1S/C18H23F3N4OS.HI/c1-3-14-11-24-16(27-14)8-9-23-17(22-2)25-10-13-6-4-5-7-15(13)26-12-18(19,20)21;/h4-7,11H,3,8-10,12H2,1-2H3,(H2,22,23,25);1H. The van der Waals surface area contributed by atoms with E-state index in [2.05, 4.69) is 27.5 Å². The van der Waals surface area contributed by atoms with Crippen LogP contribution in [0, 0.1) is 0 Å². The van der Waals surface area contributed by atoms with Gasteiger partial charge in [-0.2, -0.15) is 13.2 Å². The van der Waals surface area contributed by atoms with Crippen molar-refractivity contribution in [3.8, 4) is 5.75 Å². The second kappa shape index (κ2) is 12.1. The van der Waals surface area contributed by atoms with Crippen LogP contribution in [-0.4, -0.2) is 37.3 Å². The molecule has 156 valence electrons. The van der Waals surface area contributed by atoms with E-state index in [4.69, 9.17) is 4.74 Å². The van der Waals surface area contributed by atoms with Crippen molar-refractivity contribution >= 4 is 41.3 Å². The predicted molar refractivity (Wildman–Crippen MR) is 117 cm³/mol. The van der Waals surface area contributed by atoms with Gasteiger partial charge in [0.2, 0.25) is 0 Å². The quantitative estimate of drug-likeness (QED) is 0.307. The average molecular weight is 528 g/mol. The summed E-state index contributed by atoms with van der Waals surface area (Å²) in [5, 5.41) is 7.32. The molecule has 0 aliphatic heterocycles. The van der Waals surface area contributed by atoms with E-state index in [1.165, 1.54) is 10.9 Å². The first-order chi connectivity index (χ1) is 12.9. The van der Waals surface area contributed by atoms with E-state index in [1.807, 2.05) is 6.20 Å². The molecule has 0 atom stereocenters. The maximum atomic E-state index is 12.4. The van der Waals surface area contributed by atoms with E-state index in [0.717, 1.165) is 17.8 Å². The summed E-state index contributed by atoms with van der Waals surface area (Å²) in [6, 6.07) is 6.63. The van der Waals surface area contributed by atoms with Crippen LogP contribution in [0.5, 0.6) is 5.75 Å². The number of aryl methyl sites for hydroxylation is 1. The van der Waals surface area contributed by atoms with Crippen molar-refractivity contribution in [2.75, 3.05) is 20.2 Å². The zero-order valence-corrected chi connectivity index (χ0v) is 18.8. The number of ether oxygens (including phenoxy) is 1. The van der Waals surface area contributed by atoms with Crippen LogP contribution in [0.1, 0.15) is 22.4 Å². The summed E-state index contributed by atoms with van der Waals surface area (Å²) in [4.78, 5) is 9.74. The molecular formula is C18H24F3IN4OS. The van der Waals surface area contributed by atoms with Crippen LogP contribution in [-0.2, 0) is 19.4 Å². The topological polar surface area (TPSA) is 58.5 Å². The first-order valence-corrected chi connectivity index (χ1v) is 9.38. The lowest BCUT2D eigenvalue weighted by Crippen LogP contribution is -2.38. The Morgan fingerprint density at radius 2 is 2.00 bits per heavy atom. The van der Waals surface area contributed by atoms with Gasteiger partial charge >= 0.3 is 6.18 Å². The molecule has 1 aromatic carbocycles. The van der Waals surface area contributed by atoms with Crippen molar-refractivity contribution in [1.82, 2.24) is 15.6 Å². The Morgan fingerprint density at radius 1 is 1.25 bits per heavy atom. The number of rotatable bonds is 8. The third kappa shape index (κ3) is 8.63. The number of alkyl halides is 3. The fourth-order valence-corrected chi connectivity index (χ4v) is 3.13. The zero-order valence-electron chi connectivity index (χ0n) is 15.7. The molecule has 1 heterocycles. The molecule has 0 amide bonds. The van der Waals surface area contributed by atoms with E-state index in [1.54, 1.807) is 36.6 Å². The van der Waals surface area contributed by atoms with Gasteiger partial charge in [0.15, 0.2) is 12.6 Å². The van der Waals surface area contributed by atoms with Gasteiger partial charge in [-0.15, -0.1) is 35.3 Å². The van der Waals surface area contributed by atoms with Crippen LogP contribution in [0.4, 0.5) is 13.2 Å². The molecule has 1 aromatic heterocycles. The Balaban J connectivity index is 0.00000392. The van der Waals surface area contributed by atoms with Gasteiger partial charge in [-0.1, -0.05) is 25.1 Å². The molecule has 5 nitrogen and oxygen atoms in total. The number of hydrogen-bond donors (Lipinski definition) is 2. The van der Waals surface area contributed by atoms with Gasteiger partial charge < -0.3 is 15.4 Å². The number of nitrogens with zero attached hydrogens (tertiary/aromatic N) is 2. The molecule has 0 radical (unpaired) electrons. The van der Waals surface area contributed by atoms with Crippen LogP contribution in [0.25, 0.3) is 0 Å². The van der Waals surface area contributed by atoms with E-state index in [9.17, 15) is 13.2 Å². The fraction of sp³-hybridized carbons (Fsp3) is 0.444. The number of halogens is 4. The molecule has 2 aromatic rings. The molecule has 2 rings (SSSR count). The SMILES string of the molecule is CCc1cnc(CCNC(=NC)NCc2ccccc2OCC(F)(F)F)s1.I. The van der Waals surface area contributed by atoms with Gasteiger partial charge in [-0.25, -0.2) is 4.98 Å². The highest BCUT2D eigenvalue weighted by Crippen LogP contribution is 2.22. The smallest absolute Gasteiger partial charge is 0.422 e. The minimum absolute atomic E-state index is 0. The Morgan fingerprint density at radius 3 is 2.64 bits per heavy atom. The lowest BCUT2D eigenvalue weighted by Gasteiger charge is -2.15. The molecule has 28 heavy (non-hydrogen) atoms. The first-order valence-electron chi connectivity index (χ1n) is 8.57. The fourth-order valence-electron chi connectivity index (χ4n) is 2.26. The van der Waals surface area contributed by atoms with Gasteiger partial charge in [-0.3, -0.25) is 4.99 Å². The first kappa shape index (κ1) is 24.5. The summed E-state index contributed by atoms with van der Waals surface area (Å²) < 4.78 is 42.0. The maximum absolute atomic E-state index is 12.4. The summed E-state index contributed by atoms with van der Waals surface area (Å²) in [6.07, 6.45) is -0.725. The van der Waals surface area contributed by atoms with Crippen molar-refractivity contribution < 1.29 is 17.9 Å². The molecule has 2 N–H and O–H groups in total. The van der Waals surface area contributed by atoms with Gasteiger partial charge in [0.05, 0.1) is 5.01 Å². The molecular weight excluding hydrogens is 504 g/mol. The lowest BCUT2D eigenvalue weighted by atomic mass is 10.2. The Hall–Kier alpha value is -1.56. The predicted octanol–water partition coefficient (Wildman–Crippen LogP) is 4.17. The van der Waals surface area contributed by atoms with E-state index in [0.29, 0.717) is 24.6 Å². The number of benzene rings is 1. The molecule has 0 fully saturated rings. The summed E-state index contributed by atoms with van der Waals surface area (Å²) in [5.41, 5.74) is 0.622. The highest BCUT2D eigenvalue weighted by atomic mass is 127. The maximum Gasteiger partial charge on any atom is 0.422 e. The highest BCUT2D eigenvalue weighted by molar-refractivity contribution is 14.0. The number of guanidine groups is 1. The monoisotopic (exact) mass is 528 g/mol. The van der Waals surface area contributed by atoms with E-state index in [-0.39, 0.29) is 29.7 Å². The molecule has 0 unspecified atom stereocenters. The molecule has 0 spiro atoms. The van der Waals surface area contributed by atoms with Crippen molar-refractivity contribution in [1.29, 1.82) is 0 Å². The molecule has 0 saturated carbocycles. The number of nitrogens with one attached hydrogen (secondary N) is 2. The summed E-state index contributed by atoms with van der Waals surface area (Å²) >= 11 is 1.69. The van der Waals surface area contributed by atoms with E-state index < -0.39 is 12.8 Å². The molecule has 0 aliphatic rings. The number of hydrogen-bond acceptors (Lipinski definition) is 4. The second-order valence-corrected chi connectivity index (χ2v) is 6.89. The molecule has 0 saturated heterocycles. The number of thiazole rings is 1. The third-order valence-corrected chi connectivity index (χ3v) is 4.82. The molecule has 10 heteroatoms. The Bertz CT molecular complexity index is 752. The summed E-state index contributed by atoms with van der Waals surface area (Å²) in [6.45, 7) is 1.73. The highest BCUT2D eigenvalue weighted by Gasteiger charge is 2.28. The summed E-state index contributed by atoms with van der Waals surface area (Å²) in [7, 11) is 1.64. The largest absolute Gasteiger partial charge is 0.484 e. The Kier molecular flexibility index (Phi) is 10.6. The normalized spacial score (nSPS) is 11.7. The van der Waals surface area contributed by atoms with Crippen LogP contribution in [0.3, 0.4) is 0 Å². The van der Waals surface area contributed by atoms with Crippen molar-refractivity contribution in [3.63, 3.8) is 0 Å². The molecule has 0 bridgehead atoms. The number of aliphatic imine (C=N–C) groups is 1. The average Bonchev–Trinajstić information content (AvgIpc) is 3.11. The van der Waals surface area contributed by atoms with Gasteiger partial charge in [0.1, 0.15) is 5.75 Å². The minimum atomic E-state index is -4.37. The minimum Gasteiger partial charge on any atom is -0.484 e. The van der Waals surface area contributed by atoms with Gasteiger partial charge in [0.25, 0.3) is 0 Å². The van der Waals surface area contributed by atoms with Crippen molar-refractivity contribution in [3.05, 3.63) is 45.9 Å². The summed E-state index contributed by atoms with van der Waals surface area (Å²) in [5.74, 6) is 0.764. The van der Waals surface area contributed by atoms with Gasteiger partial charge in [-0.05, 0) is 12.5 Å².